The number of benzene rings is 1. The highest BCUT2D eigenvalue weighted by molar-refractivity contribution is 7.07. The summed E-state index contributed by atoms with van der Waals surface area (Å²) in [5, 5.41) is 4.08. The first-order valence-corrected chi connectivity index (χ1v) is 5.52. The number of carbonyl (C=O) groups is 1. The van der Waals surface area contributed by atoms with Crippen molar-refractivity contribution in [1.29, 1.82) is 0 Å². The summed E-state index contributed by atoms with van der Waals surface area (Å²) in [6.45, 7) is 0. The van der Waals surface area contributed by atoms with Crippen LogP contribution >= 0.6 is 11.3 Å². The molecule has 1 heterocycles. The van der Waals surface area contributed by atoms with Crippen LogP contribution in [0.1, 0.15) is 5.56 Å². The molecule has 15 heavy (non-hydrogen) atoms. The average molecular weight is 216 g/mol. The molecule has 0 saturated carbocycles. The number of thiophene rings is 1. The normalized spacial score (nSPS) is 9.33. The second kappa shape index (κ2) is 7.71. The molecule has 2 heteroatoms. The van der Waals surface area contributed by atoms with E-state index in [2.05, 4.69) is 0 Å². The van der Waals surface area contributed by atoms with Gasteiger partial charge in [0, 0.05) is 0 Å². The van der Waals surface area contributed by atoms with Crippen LogP contribution in [0.2, 0.25) is 0 Å². The van der Waals surface area contributed by atoms with E-state index in [4.69, 9.17) is 0 Å². The molecule has 0 aliphatic rings. The van der Waals surface area contributed by atoms with Crippen molar-refractivity contribution in [3.05, 3.63) is 64.9 Å². The summed E-state index contributed by atoms with van der Waals surface area (Å²) in [5.41, 5.74) is 1.05. The fourth-order valence-electron chi connectivity index (χ4n) is 0.941. The van der Waals surface area contributed by atoms with Crippen molar-refractivity contribution in [2.75, 3.05) is 0 Å². The van der Waals surface area contributed by atoms with Crippen molar-refractivity contribution in [1.82, 2.24) is 0 Å². The number of allylic oxidation sites excluding steroid dienone is 1. The van der Waals surface area contributed by atoms with Crippen molar-refractivity contribution in [2.45, 2.75) is 0 Å². The maximum absolute atomic E-state index is 9.89. The van der Waals surface area contributed by atoms with Crippen molar-refractivity contribution in [2.24, 2.45) is 0 Å². The molecule has 0 saturated heterocycles. The lowest BCUT2D eigenvalue weighted by Gasteiger charge is -1.86. The highest BCUT2D eigenvalue weighted by Crippen LogP contribution is 1.99. The molecular formula is C13H12OS. The van der Waals surface area contributed by atoms with Gasteiger partial charge in [-0.15, -0.1) is 0 Å². The second-order valence-electron chi connectivity index (χ2n) is 2.70. The van der Waals surface area contributed by atoms with E-state index in [1.807, 2.05) is 53.2 Å². The van der Waals surface area contributed by atoms with E-state index in [0.29, 0.717) is 0 Å². The molecular weight excluding hydrogens is 204 g/mol. The van der Waals surface area contributed by atoms with Gasteiger partial charge in [-0.2, -0.15) is 11.3 Å². The Morgan fingerprint density at radius 2 is 1.60 bits per heavy atom. The van der Waals surface area contributed by atoms with Gasteiger partial charge in [0.05, 0.1) is 0 Å². The smallest absolute Gasteiger partial charge is 0.142 e. The Morgan fingerprint density at radius 3 is 2.07 bits per heavy atom. The van der Waals surface area contributed by atoms with Crippen LogP contribution < -0.4 is 0 Å². The van der Waals surface area contributed by atoms with Gasteiger partial charge in [0.2, 0.25) is 0 Å². The maximum Gasteiger partial charge on any atom is 0.142 e. The van der Waals surface area contributed by atoms with E-state index in [1.165, 1.54) is 6.08 Å². The topological polar surface area (TPSA) is 17.1 Å². The van der Waals surface area contributed by atoms with Gasteiger partial charge in [-0.25, -0.2) is 0 Å². The zero-order chi connectivity index (χ0) is 10.8. The Labute approximate surface area is 93.7 Å². The first kappa shape index (κ1) is 11.4. The Balaban J connectivity index is 0.000000187. The molecule has 76 valence electrons. The van der Waals surface area contributed by atoms with Crippen molar-refractivity contribution in [3.8, 4) is 0 Å². The molecule has 0 spiro atoms. The highest BCUT2D eigenvalue weighted by Gasteiger charge is 1.79. The highest BCUT2D eigenvalue weighted by atomic mass is 32.1. The monoisotopic (exact) mass is 216 g/mol. The Bertz CT molecular complexity index is 359. The largest absolute Gasteiger partial charge is 0.299 e. The van der Waals surface area contributed by atoms with Crippen LogP contribution in [-0.4, -0.2) is 6.29 Å². The maximum atomic E-state index is 9.89. The van der Waals surface area contributed by atoms with Crippen molar-refractivity contribution >= 4 is 23.7 Å². The molecule has 0 aliphatic carbocycles. The summed E-state index contributed by atoms with van der Waals surface area (Å²) >= 11 is 1.71. The van der Waals surface area contributed by atoms with Crippen LogP contribution in [0.15, 0.2) is 59.3 Å². The van der Waals surface area contributed by atoms with Gasteiger partial charge in [-0.05, 0) is 22.4 Å². The number of carbonyl (C=O) groups excluding carboxylic acids is 1. The summed E-state index contributed by atoms with van der Waals surface area (Å²) in [6.07, 6.45) is 4.02. The lowest BCUT2D eigenvalue weighted by atomic mass is 10.2. The van der Waals surface area contributed by atoms with E-state index < -0.39 is 0 Å². The van der Waals surface area contributed by atoms with E-state index in [9.17, 15) is 4.79 Å². The predicted octanol–water partition coefficient (Wildman–Crippen LogP) is 3.65. The molecule has 0 N–H and O–H groups in total. The second-order valence-corrected chi connectivity index (χ2v) is 3.52. The van der Waals surface area contributed by atoms with Gasteiger partial charge in [0.15, 0.2) is 0 Å². The summed E-state index contributed by atoms with van der Waals surface area (Å²) in [5.74, 6) is 0. The zero-order valence-corrected chi connectivity index (χ0v) is 9.06. The molecule has 0 aliphatic heterocycles. The summed E-state index contributed by atoms with van der Waals surface area (Å²) in [4.78, 5) is 9.89. The lowest BCUT2D eigenvalue weighted by Crippen LogP contribution is -1.67. The van der Waals surface area contributed by atoms with Crippen LogP contribution in [0.25, 0.3) is 6.08 Å². The number of hydrogen-bond donors (Lipinski definition) is 0. The van der Waals surface area contributed by atoms with Gasteiger partial charge in [-0.1, -0.05) is 48.5 Å². The van der Waals surface area contributed by atoms with Crippen LogP contribution in [0.4, 0.5) is 0 Å². The molecule has 0 amide bonds. The minimum absolute atomic E-state index is 0.771. The molecule has 2 aromatic rings. The van der Waals surface area contributed by atoms with E-state index in [-0.39, 0.29) is 0 Å². The summed E-state index contributed by atoms with van der Waals surface area (Å²) in [6, 6.07) is 13.7. The fourth-order valence-corrected chi connectivity index (χ4v) is 1.39. The standard InChI is InChI=1S/C9H8O.C4H4S/c10-8-4-7-9-5-2-1-3-6-9;1-2-4-5-3-1/h1-8H;1-4H/b7-4+;. The minimum Gasteiger partial charge on any atom is -0.299 e. The number of hydrogen-bond acceptors (Lipinski definition) is 2. The van der Waals surface area contributed by atoms with Gasteiger partial charge in [-0.3, -0.25) is 4.79 Å². The lowest BCUT2D eigenvalue weighted by molar-refractivity contribution is -0.104. The predicted molar refractivity (Wildman–Crippen MR) is 65.9 cm³/mol. The first-order chi connectivity index (χ1) is 7.43. The number of aldehydes is 1. The van der Waals surface area contributed by atoms with Gasteiger partial charge < -0.3 is 0 Å². The third kappa shape index (κ3) is 5.60. The molecule has 0 fully saturated rings. The van der Waals surface area contributed by atoms with Gasteiger partial charge in [0.25, 0.3) is 0 Å². The summed E-state index contributed by atoms with van der Waals surface area (Å²) < 4.78 is 0. The van der Waals surface area contributed by atoms with Gasteiger partial charge in [0.1, 0.15) is 6.29 Å². The third-order valence-corrected chi connectivity index (χ3v) is 2.22. The Hall–Kier alpha value is -1.67. The molecule has 0 unspecified atom stereocenters. The molecule has 0 bridgehead atoms. The fraction of sp³-hybridized carbons (Fsp3) is 0. The first-order valence-electron chi connectivity index (χ1n) is 4.57. The third-order valence-electron chi connectivity index (χ3n) is 1.59. The van der Waals surface area contributed by atoms with Crippen molar-refractivity contribution < 1.29 is 4.79 Å². The molecule has 1 nitrogen and oxygen atoms in total. The summed E-state index contributed by atoms with van der Waals surface area (Å²) in [7, 11) is 0. The van der Waals surface area contributed by atoms with E-state index >= 15 is 0 Å². The minimum atomic E-state index is 0.771. The zero-order valence-electron chi connectivity index (χ0n) is 8.24. The SMILES string of the molecule is O=C/C=C/c1ccccc1.c1ccsc1. The van der Waals surface area contributed by atoms with Crippen LogP contribution in [-0.2, 0) is 4.79 Å². The number of rotatable bonds is 2. The van der Waals surface area contributed by atoms with Gasteiger partial charge >= 0.3 is 0 Å². The van der Waals surface area contributed by atoms with Crippen LogP contribution in [0.3, 0.4) is 0 Å². The van der Waals surface area contributed by atoms with E-state index in [1.54, 1.807) is 17.4 Å². The molecule has 0 radical (unpaired) electrons. The molecule has 0 atom stereocenters. The van der Waals surface area contributed by atoms with Crippen LogP contribution in [0, 0.1) is 0 Å². The average Bonchev–Trinajstić information content (AvgIpc) is 2.86. The molecule has 1 aromatic carbocycles. The Morgan fingerprint density at radius 1 is 0.933 bits per heavy atom. The van der Waals surface area contributed by atoms with Crippen molar-refractivity contribution in [3.63, 3.8) is 0 Å². The van der Waals surface area contributed by atoms with Crippen LogP contribution in [0.5, 0.6) is 0 Å². The quantitative estimate of drug-likeness (QED) is 0.553. The molecule has 1 aromatic heterocycles. The van der Waals surface area contributed by atoms with E-state index in [0.717, 1.165) is 11.8 Å². The Kier molecular flexibility index (Phi) is 5.86. The molecule has 2 rings (SSSR count).